The molecule has 0 heterocycles. The molecule has 2 atom stereocenters. The van der Waals surface area contributed by atoms with Crippen molar-refractivity contribution in [3.63, 3.8) is 0 Å². The first kappa shape index (κ1) is 12.9. The summed E-state index contributed by atoms with van der Waals surface area (Å²) in [6.07, 6.45) is 0.466. The second-order valence-electron chi connectivity index (χ2n) is 2.93. The Hall–Kier alpha value is -1.12. The maximum Gasteiger partial charge on any atom is 0.237 e. The third-order valence-corrected chi connectivity index (χ3v) is 1.82. The van der Waals surface area contributed by atoms with Crippen LogP contribution in [0.25, 0.3) is 0 Å². The highest BCUT2D eigenvalue weighted by Gasteiger charge is 2.18. The maximum atomic E-state index is 11.3. The van der Waals surface area contributed by atoms with E-state index in [1.54, 1.807) is 6.92 Å². The summed E-state index contributed by atoms with van der Waals surface area (Å²) < 4.78 is 4.79. The standard InChI is InChI=1S/C9H16N2O3/c1-3-7(4-10)9(13)11-8(5-12)6-14-2/h7-8,12H,3,5-6H2,1-2H3,(H,11,13). The monoisotopic (exact) mass is 200 g/mol. The molecule has 0 bridgehead atoms. The summed E-state index contributed by atoms with van der Waals surface area (Å²) in [6.45, 7) is 1.81. The number of nitrogens with zero attached hydrogens (tertiary/aromatic N) is 1. The first-order valence-corrected chi connectivity index (χ1v) is 4.49. The lowest BCUT2D eigenvalue weighted by atomic mass is 10.1. The highest BCUT2D eigenvalue weighted by atomic mass is 16.5. The zero-order chi connectivity index (χ0) is 11.0. The van der Waals surface area contributed by atoms with E-state index in [4.69, 9.17) is 15.1 Å². The number of hydrogen-bond donors (Lipinski definition) is 2. The van der Waals surface area contributed by atoms with Gasteiger partial charge in [-0.05, 0) is 6.42 Å². The molecule has 0 aromatic carbocycles. The van der Waals surface area contributed by atoms with Crippen LogP contribution in [0.15, 0.2) is 0 Å². The molecule has 0 aliphatic carbocycles. The van der Waals surface area contributed by atoms with E-state index in [0.717, 1.165) is 0 Å². The molecule has 0 fully saturated rings. The predicted molar refractivity (Wildman–Crippen MR) is 50.3 cm³/mol. The van der Waals surface area contributed by atoms with Gasteiger partial charge in [0.05, 0.1) is 25.3 Å². The summed E-state index contributed by atoms with van der Waals surface area (Å²) >= 11 is 0. The van der Waals surface area contributed by atoms with E-state index in [1.807, 2.05) is 6.07 Å². The van der Waals surface area contributed by atoms with Crippen molar-refractivity contribution in [2.24, 2.45) is 5.92 Å². The van der Waals surface area contributed by atoms with Crippen LogP contribution in [0.4, 0.5) is 0 Å². The molecule has 0 aromatic rings. The Bertz CT molecular complexity index is 213. The van der Waals surface area contributed by atoms with Gasteiger partial charge >= 0.3 is 0 Å². The van der Waals surface area contributed by atoms with Gasteiger partial charge in [-0.3, -0.25) is 4.79 Å². The van der Waals surface area contributed by atoms with Gasteiger partial charge in [0.1, 0.15) is 5.92 Å². The quantitative estimate of drug-likeness (QED) is 0.614. The zero-order valence-electron chi connectivity index (χ0n) is 8.49. The van der Waals surface area contributed by atoms with Crippen molar-refractivity contribution >= 4 is 5.91 Å². The first-order valence-electron chi connectivity index (χ1n) is 4.49. The summed E-state index contributed by atoms with van der Waals surface area (Å²) in [5, 5.41) is 20.0. The average molecular weight is 200 g/mol. The second-order valence-corrected chi connectivity index (χ2v) is 2.93. The van der Waals surface area contributed by atoms with E-state index in [2.05, 4.69) is 5.32 Å². The molecule has 2 N–H and O–H groups in total. The molecule has 0 saturated carbocycles. The van der Waals surface area contributed by atoms with Gasteiger partial charge in [-0.15, -0.1) is 0 Å². The Morgan fingerprint density at radius 3 is 2.71 bits per heavy atom. The number of nitriles is 1. The normalized spacial score (nSPS) is 14.1. The van der Waals surface area contributed by atoms with Gasteiger partial charge in [0.2, 0.25) is 5.91 Å². The number of aliphatic hydroxyl groups excluding tert-OH is 1. The van der Waals surface area contributed by atoms with Gasteiger partial charge in [-0.2, -0.15) is 5.26 Å². The number of carbonyl (C=O) groups excluding carboxylic acids is 1. The molecular formula is C9H16N2O3. The molecule has 0 aliphatic rings. The number of aliphatic hydroxyl groups is 1. The Labute approximate surface area is 83.7 Å². The number of hydrogen-bond acceptors (Lipinski definition) is 4. The van der Waals surface area contributed by atoms with Gasteiger partial charge in [-0.25, -0.2) is 0 Å². The minimum Gasteiger partial charge on any atom is -0.394 e. The zero-order valence-corrected chi connectivity index (χ0v) is 8.49. The molecule has 0 aromatic heterocycles. The molecule has 80 valence electrons. The molecule has 0 spiro atoms. The lowest BCUT2D eigenvalue weighted by Gasteiger charge is -2.16. The van der Waals surface area contributed by atoms with E-state index in [1.165, 1.54) is 7.11 Å². The van der Waals surface area contributed by atoms with Crippen LogP contribution in [0.1, 0.15) is 13.3 Å². The lowest BCUT2D eigenvalue weighted by molar-refractivity contribution is -0.124. The van der Waals surface area contributed by atoms with Crippen LogP contribution in [0.5, 0.6) is 0 Å². The Kier molecular flexibility index (Phi) is 6.72. The molecule has 0 saturated heterocycles. The van der Waals surface area contributed by atoms with Crippen LogP contribution in [0.3, 0.4) is 0 Å². The van der Waals surface area contributed by atoms with Crippen LogP contribution in [0.2, 0.25) is 0 Å². The highest BCUT2D eigenvalue weighted by Crippen LogP contribution is 2.00. The highest BCUT2D eigenvalue weighted by molar-refractivity contribution is 5.81. The Morgan fingerprint density at radius 1 is 1.71 bits per heavy atom. The fourth-order valence-corrected chi connectivity index (χ4v) is 0.978. The van der Waals surface area contributed by atoms with E-state index in [9.17, 15) is 4.79 Å². The van der Waals surface area contributed by atoms with Crippen molar-refractivity contribution in [3.05, 3.63) is 0 Å². The van der Waals surface area contributed by atoms with Crippen LogP contribution in [-0.2, 0) is 9.53 Å². The SMILES string of the molecule is CCC(C#N)C(=O)NC(CO)COC. The number of methoxy groups -OCH3 is 1. The van der Waals surface area contributed by atoms with Crippen molar-refractivity contribution in [1.29, 1.82) is 5.26 Å². The van der Waals surface area contributed by atoms with Crippen molar-refractivity contribution in [1.82, 2.24) is 5.32 Å². The smallest absolute Gasteiger partial charge is 0.237 e. The van der Waals surface area contributed by atoms with Gasteiger partial charge in [0, 0.05) is 7.11 Å². The van der Waals surface area contributed by atoms with E-state index in [-0.39, 0.29) is 19.1 Å². The van der Waals surface area contributed by atoms with Crippen molar-refractivity contribution < 1.29 is 14.6 Å². The molecular weight excluding hydrogens is 184 g/mol. The molecule has 2 unspecified atom stereocenters. The summed E-state index contributed by atoms with van der Waals surface area (Å²) in [4.78, 5) is 11.3. The summed E-state index contributed by atoms with van der Waals surface area (Å²) in [5.41, 5.74) is 0. The fraction of sp³-hybridized carbons (Fsp3) is 0.778. The predicted octanol–water partition coefficient (Wildman–Crippen LogP) is -0.340. The summed E-state index contributed by atoms with van der Waals surface area (Å²) in [7, 11) is 1.48. The fourth-order valence-electron chi connectivity index (χ4n) is 0.978. The van der Waals surface area contributed by atoms with Crippen LogP contribution in [0, 0.1) is 17.2 Å². The van der Waals surface area contributed by atoms with Crippen LogP contribution >= 0.6 is 0 Å². The number of rotatable bonds is 6. The largest absolute Gasteiger partial charge is 0.394 e. The number of carbonyl (C=O) groups is 1. The second kappa shape index (κ2) is 7.30. The molecule has 5 nitrogen and oxygen atoms in total. The molecule has 14 heavy (non-hydrogen) atoms. The topological polar surface area (TPSA) is 82.4 Å². The number of nitrogens with one attached hydrogen (secondary N) is 1. The Morgan fingerprint density at radius 2 is 2.36 bits per heavy atom. The van der Waals surface area contributed by atoms with Gasteiger partial charge in [0.25, 0.3) is 0 Å². The third kappa shape index (κ3) is 4.21. The number of amides is 1. The van der Waals surface area contributed by atoms with E-state index in [0.29, 0.717) is 6.42 Å². The van der Waals surface area contributed by atoms with Gasteiger partial charge in [0.15, 0.2) is 0 Å². The summed E-state index contributed by atoms with van der Waals surface area (Å²) in [6, 6.07) is 1.45. The average Bonchev–Trinajstić information content (AvgIpc) is 2.19. The first-order chi connectivity index (χ1) is 6.69. The van der Waals surface area contributed by atoms with Crippen molar-refractivity contribution in [2.45, 2.75) is 19.4 Å². The van der Waals surface area contributed by atoms with Crippen molar-refractivity contribution in [3.8, 4) is 6.07 Å². The molecule has 5 heteroatoms. The number of ether oxygens (including phenoxy) is 1. The van der Waals surface area contributed by atoms with Gasteiger partial charge < -0.3 is 15.2 Å². The van der Waals surface area contributed by atoms with Gasteiger partial charge in [-0.1, -0.05) is 6.92 Å². The molecule has 0 radical (unpaired) electrons. The van der Waals surface area contributed by atoms with E-state index >= 15 is 0 Å². The Balaban J connectivity index is 4.08. The maximum absolute atomic E-state index is 11.3. The summed E-state index contributed by atoms with van der Waals surface area (Å²) in [5.74, 6) is -1.01. The minimum atomic E-state index is -0.652. The van der Waals surface area contributed by atoms with Crippen LogP contribution < -0.4 is 5.32 Å². The minimum absolute atomic E-state index is 0.193. The third-order valence-electron chi connectivity index (χ3n) is 1.82. The van der Waals surface area contributed by atoms with Crippen molar-refractivity contribution in [2.75, 3.05) is 20.3 Å². The van der Waals surface area contributed by atoms with Crippen LogP contribution in [-0.4, -0.2) is 37.4 Å². The molecule has 1 amide bonds. The lowest BCUT2D eigenvalue weighted by Crippen LogP contribution is -2.43. The molecule has 0 rings (SSSR count). The molecule has 0 aliphatic heterocycles. The van der Waals surface area contributed by atoms with E-state index < -0.39 is 12.0 Å².